The van der Waals surface area contributed by atoms with Gasteiger partial charge in [0.1, 0.15) is 17.3 Å². The summed E-state index contributed by atoms with van der Waals surface area (Å²) in [5.41, 5.74) is 2.67. The maximum absolute atomic E-state index is 13.4. The van der Waals surface area contributed by atoms with Gasteiger partial charge in [-0.05, 0) is 67.3 Å². The first kappa shape index (κ1) is 25.0. The lowest BCUT2D eigenvalue weighted by atomic mass is 9.92. The highest BCUT2D eigenvalue weighted by molar-refractivity contribution is 6.51. The highest BCUT2D eigenvalue weighted by atomic mass is 16.5. The zero-order valence-electron chi connectivity index (χ0n) is 21.0. The van der Waals surface area contributed by atoms with Crippen molar-refractivity contribution in [3.05, 3.63) is 95.1 Å². The van der Waals surface area contributed by atoms with E-state index in [4.69, 9.17) is 9.47 Å². The number of aryl methyl sites for hydroxylation is 1. The number of carbonyl (C=O) groups is 2. The van der Waals surface area contributed by atoms with Gasteiger partial charge in [-0.1, -0.05) is 50.2 Å². The Morgan fingerprint density at radius 3 is 2.33 bits per heavy atom. The Hall–Kier alpha value is -4.06. The monoisotopic (exact) mass is 485 g/mol. The van der Waals surface area contributed by atoms with Crippen LogP contribution >= 0.6 is 0 Å². The van der Waals surface area contributed by atoms with Crippen LogP contribution in [0.5, 0.6) is 11.5 Å². The molecule has 6 nitrogen and oxygen atoms in total. The number of ketones is 1. The van der Waals surface area contributed by atoms with Crippen LogP contribution in [0.4, 0.5) is 5.69 Å². The van der Waals surface area contributed by atoms with Crippen LogP contribution in [0.25, 0.3) is 5.76 Å². The summed E-state index contributed by atoms with van der Waals surface area (Å²) in [7, 11) is 0. The third-order valence-electron chi connectivity index (χ3n) is 6.04. The largest absolute Gasteiger partial charge is 0.507 e. The molecule has 0 aromatic heterocycles. The summed E-state index contributed by atoms with van der Waals surface area (Å²) in [6, 6.07) is 20.8. The van der Waals surface area contributed by atoms with Crippen molar-refractivity contribution in [2.75, 3.05) is 18.1 Å². The first-order valence-corrected chi connectivity index (χ1v) is 12.1. The van der Waals surface area contributed by atoms with Gasteiger partial charge < -0.3 is 14.6 Å². The van der Waals surface area contributed by atoms with Crippen LogP contribution in [-0.2, 0) is 9.59 Å². The zero-order chi connectivity index (χ0) is 25.8. The van der Waals surface area contributed by atoms with E-state index in [2.05, 4.69) is 0 Å². The Kier molecular flexibility index (Phi) is 7.44. The Bertz CT molecular complexity index is 1290. The summed E-state index contributed by atoms with van der Waals surface area (Å²) in [5, 5.41) is 11.4. The lowest BCUT2D eigenvalue weighted by Gasteiger charge is -2.26. The van der Waals surface area contributed by atoms with Gasteiger partial charge in [0.2, 0.25) is 0 Å². The fourth-order valence-corrected chi connectivity index (χ4v) is 4.31. The van der Waals surface area contributed by atoms with Crippen LogP contribution in [0.2, 0.25) is 0 Å². The fraction of sp³-hybridized carbons (Fsp3) is 0.267. The van der Waals surface area contributed by atoms with Crippen molar-refractivity contribution in [3.63, 3.8) is 0 Å². The number of rotatable bonds is 8. The number of anilines is 1. The van der Waals surface area contributed by atoms with E-state index in [9.17, 15) is 14.7 Å². The minimum atomic E-state index is -0.788. The second kappa shape index (κ2) is 10.7. The van der Waals surface area contributed by atoms with Gasteiger partial charge in [0, 0.05) is 11.3 Å². The normalized spacial score (nSPS) is 17.0. The molecule has 0 aliphatic carbocycles. The Labute approximate surface area is 211 Å². The van der Waals surface area contributed by atoms with Crippen molar-refractivity contribution >= 4 is 23.1 Å². The summed E-state index contributed by atoms with van der Waals surface area (Å²) in [6.45, 7) is 8.97. The smallest absolute Gasteiger partial charge is 0.300 e. The second-order valence-corrected chi connectivity index (χ2v) is 9.19. The van der Waals surface area contributed by atoms with Crippen molar-refractivity contribution in [3.8, 4) is 11.5 Å². The summed E-state index contributed by atoms with van der Waals surface area (Å²) < 4.78 is 11.3. The number of carbonyl (C=O) groups excluding carboxylic acids is 2. The quantitative estimate of drug-likeness (QED) is 0.239. The van der Waals surface area contributed by atoms with E-state index in [1.54, 1.807) is 48.5 Å². The molecule has 0 radical (unpaired) electrons. The molecule has 1 saturated heterocycles. The van der Waals surface area contributed by atoms with Crippen LogP contribution < -0.4 is 14.4 Å². The molecular formula is C30H31NO5. The number of hydrogen-bond donors (Lipinski definition) is 1. The van der Waals surface area contributed by atoms with Gasteiger partial charge in [0.15, 0.2) is 0 Å². The topological polar surface area (TPSA) is 76.1 Å². The van der Waals surface area contributed by atoms with Crippen molar-refractivity contribution in [1.29, 1.82) is 0 Å². The van der Waals surface area contributed by atoms with Crippen molar-refractivity contribution in [1.82, 2.24) is 0 Å². The minimum absolute atomic E-state index is 0.0456. The molecule has 1 aliphatic rings. The molecule has 186 valence electrons. The van der Waals surface area contributed by atoms with Crippen LogP contribution in [0, 0.1) is 12.8 Å². The number of amides is 1. The van der Waals surface area contributed by atoms with E-state index in [0.29, 0.717) is 41.9 Å². The van der Waals surface area contributed by atoms with Crippen LogP contribution in [0.3, 0.4) is 0 Å². The highest BCUT2D eigenvalue weighted by Gasteiger charge is 2.47. The molecule has 1 unspecified atom stereocenters. The third-order valence-corrected chi connectivity index (χ3v) is 6.04. The Morgan fingerprint density at radius 2 is 1.67 bits per heavy atom. The van der Waals surface area contributed by atoms with Gasteiger partial charge in [-0.2, -0.15) is 0 Å². The lowest BCUT2D eigenvalue weighted by molar-refractivity contribution is -0.132. The Morgan fingerprint density at radius 1 is 0.944 bits per heavy atom. The van der Waals surface area contributed by atoms with Crippen LogP contribution in [0.15, 0.2) is 78.4 Å². The molecule has 3 aromatic rings. The van der Waals surface area contributed by atoms with E-state index in [1.165, 1.54) is 4.90 Å². The van der Waals surface area contributed by atoms with E-state index >= 15 is 0 Å². The number of aliphatic hydroxyl groups excluding tert-OH is 1. The van der Waals surface area contributed by atoms with Gasteiger partial charge in [0.05, 0.1) is 24.8 Å². The molecule has 0 bridgehead atoms. The van der Waals surface area contributed by atoms with Crippen LogP contribution in [0.1, 0.15) is 43.5 Å². The second-order valence-electron chi connectivity index (χ2n) is 9.19. The Balaban J connectivity index is 1.85. The summed E-state index contributed by atoms with van der Waals surface area (Å²) in [6.07, 6.45) is 0. The molecule has 4 rings (SSSR count). The molecule has 6 heteroatoms. The molecule has 1 heterocycles. The van der Waals surface area contributed by atoms with Gasteiger partial charge >= 0.3 is 0 Å². The minimum Gasteiger partial charge on any atom is -0.507 e. The number of nitrogens with zero attached hydrogens (tertiary/aromatic N) is 1. The van der Waals surface area contributed by atoms with Gasteiger partial charge in [-0.25, -0.2) is 0 Å². The molecule has 0 saturated carbocycles. The molecule has 1 atom stereocenters. The maximum atomic E-state index is 13.4. The van der Waals surface area contributed by atoms with Gasteiger partial charge in [0.25, 0.3) is 11.7 Å². The van der Waals surface area contributed by atoms with E-state index < -0.39 is 17.7 Å². The van der Waals surface area contributed by atoms with Gasteiger partial charge in [-0.3, -0.25) is 14.5 Å². The average molecular weight is 486 g/mol. The molecule has 1 fully saturated rings. The number of benzene rings is 3. The van der Waals surface area contributed by atoms with Crippen molar-refractivity contribution < 1.29 is 24.2 Å². The molecule has 36 heavy (non-hydrogen) atoms. The summed E-state index contributed by atoms with van der Waals surface area (Å²) in [4.78, 5) is 28.2. The van der Waals surface area contributed by atoms with E-state index in [1.807, 2.05) is 52.0 Å². The SMILES string of the molecule is CCOc1ccc(N2C(=O)C(=O)/C(=C(/O)c3cccc(OCC(C)C)c3)C2c2ccccc2C)cc1. The summed E-state index contributed by atoms with van der Waals surface area (Å²) in [5.74, 6) is -0.0680. The van der Waals surface area contributed by atoms with Crippen molar-refractivity contribution in [2.45, 2.75) is 33.7 Å². The average Bonchev–Trinajstić information content (AvgIpc) is 3.13. The molecule has 1 amide bonds. The predicted molar refractivity (Wildman–Crippen MR) is 140 cm³/mol. The van der Waals surface area contributed by atoms with Crippen molar-refractivity contribution in [2.24, 2.45) is 5.92 Å². The first-order valence-electron chi connectivity index (χ1n) is 12.1. The number of ether oxygens (including phenoxy) is 2. The molecule has 1 aliphatic heterocycles. The maximum Gasteiger partial charge on any atom is 0.300 e. The summed E-state index contributed by atoms with van der Waals surface area (Å²) >= 11 is 0. The lowest BCUT2D eigenvalue weighted by Crippen LogP contribution is -2.29. The fourth-order valence-electron chi connectivity index (χ4n) is 4.31. The van der Waals surface area contributed by atoms with Gasteiger partial charge in [-0.15, -0.1) is 0 Å². The zero-order valence-corrected chi connectivity index (χ0v) is 21.0. The standard InChI is InChI=1S/C30H31NO5/c1-5-35-23-15-13-22(14-16-23)31-27(25-12-7-6-9-20(25)4)26(29(33)30(31)34)28(32)21-10-8-11-24(17-21)36-18-19(2)3/h6-17,19,27,32H,5,18H2,1-4H3/b28-26+. The number of aliphatic hydroxyl groups is 1. The molecular weight excluding hydrogens is 454 g/mol. The molecule has 1 N–H and O–H groups in total. The molecule has 0 spiro atoms. The predicted octanol–water partition coefficient (Wildman–Crippen LogP) is 6.05. The van der Waals surface area contributed by atoms with E-state index in [0.717, 1.165) is 11.1 Å². The van der Waals surface area contributed by atoms with E-state index in [-0.39, 0.29) is 11.3 Å². The third kappa shape index (κ3) is 4.98. The number of Topliss-reactive ketones (excluding diaryl/α,β-unsaturated/α-hetero) is 1. The number of hydrogen-bond acceptors (Lipinski definition) is 5. The highest BCUT2D eigenvalue weighted by Crippen LogP contribution is 2.43. The molecule has 3 aromatic carbocycles. The van der Waals surface area contributed by atoms with Crippen LogP contribution in [-0.4, -0.2) is 30.0 Å². The first-order chi connectivity index (χ1) is 17.3.